The highest BCUT2D eigenvalue weighted by Crippen LogP contribution is 2.36. The first-order chi connectivity index (χ1) is 12.3. The van der Waals surface area contributed by atoms with Crippen LogP contribution in [0.5, 0.6) is 11.5 Å². The zero-order valence-electron chi connectivity index (χ0n) is 13.6. The van der Waals surface area contributed by atoms with Crippen LogP contribution in [0.1, 0.15) is 35.1 Å². The summed E-state index contributed by atoms with van der Waals surface area (Å²) < 4.78 is 10.7. The lowest BCUT2D eigenvalue weighted by molar-refractivity contribution is 0.0730. The van der Waals surface area contributed by atoms with Gasteiger partial charge in [0.25, 0.3) is 5.91 Å². The van der Waals surface area contributed by atoms with Gasteiger partial charge in [-0.2, -0.15) is 0 Å². The standard InChI is InChI=1S/C19H17N3O3/c23-19(12-7-8-16-17(10-12)25-11-24-16)22-9-3-6-15(22)18-20-13-4-1-2-5-14(13)21-18/h1-2,4-5,7-8,10,15H,3,6,9,11H2,(H,20,21)/t15-/m0/s1. The maximum Gasteiger partial charge on any atom is 0.254 e. The van der Waals surface area contributed by atoms with Crippen molar-refractivity contribution in [2.24, 2.45) is 0 Å². The number of rotatable bonds is 2. The van der Waals surface area contributed by atoms with Crippen molar-refractivity contribution < 1.29 is 14.3 Å². The van der Waals surface area contributed by atoms with Crippen LogP contribution in [0.25, 0.3) is 11.0 Å². The van der Waals surface area contributed by atoms with Gasteiger partial charge in [-0.15, -0.1) is 0 Å². The average molecular weight is 335 g/mol. The summed E-state index contributed by atoms with van der Waals surface area (Å²) in [5, 5.41) is 0. The van der Waals surface area contributed by atoms with Gasteiger partial charge in [0.1, 0.15) is 5.82 Å². The lowest BCUT2D eigenvalue weighted by Crippen LogP contribution is -2.31. The van der Waals surface area contributed by atoms with Crippen LogP contribution in [0.4, 0.5) is 0 Å². The molecule has 1 fully saturated rings. The van der Waals surface area contributed by atoms with E-state index in [1.54, 1.807) is 18.2 Å². The Bertz CT molecular complexity index is 932. The number of nitrogens with zero attached hydrogens (tertiary/aromatic N) is 2. The molecule has 3 aromatic rings. The molecule has 5 rings (SSSR count). The van der Waals surface area contributed by atoms with E-state index in [0.29, 0.717) is 17.1 Å². The van der Waals surface area contributed by atoms with Crippen LogP contribution < -0.4 is 9.47 Å². The topological polar surface area (TPSA) is 67.5 Å². The second-order valence-corrected chi connectivity index (χ2v) is 6.36. The summed E-state index contributed by atoms with van der Waals surface area (Å²) in [5.74, 6) is 2.17. The average Bonchev–Trinajstić information content (AvgIpc) is 3.37. The molecule has 0 radical (unpaired) electrons. The van der Waals surface area contributed by atoms with Crippen molar-refractivity contribution in [3.63, 3.8) is 0 Å². The molecule has 1 aromatic heterocycles. The normalized spacial score (nSPS) is 18.9. The summed E-state index contributed by atoms with van der Waals surface area (Å²) in [6.07, 6.45) is 1.88. The minimum atomic E-state index is -0.0228. The maximum atomic E-state index is 13.0. The summed E-state index contributed by atoms with van der Waals surface area (Å²) >= 11 is 0. The molecule has 2 aromatic carbocycles. The fourth-order valence-corrected chi connectivity index (χ4v) is 3.62. The zero-order valence-corrected chi connectivity index (χ0v) is 13.6. The Morgan fingerprint density at radius 2 is 2.04 bits per heavy atom. The molecule has 0 aliphatic carbocycles. The van der Waals surface area contributed by atoms with Gasteiger partial charge in [-0.3, -0.25) is 4.79 Å². The summed E-state index contributed by atoms with van der Waals surface area (Å²) in [6.45, 7) is 0.938. The molecule has 2 aliphatic heterocycles. The van der Waals surface area contributed by atoms with Crippen molar-refractivity contribution in [2.45, 2.75) is 18.9 Å². The summed E-state index contributed by atoms with van der Waals surface area (Å²) in [6, 6.07) is 13.3. The molecule has 0 bridgehead atoms. The molecule has 2 aliphatic rings. The number of amides is 1. The molecular weight excluding hydrogens is 318 g/mol. The van der Waals surface area contributed by atoms with Gasteiger partial charge in [0.15, 0.2) is 11.5 Å². The number of carbonyl (C=O) groups excluding carboxylic acids is 1. The first kappa shape index (κ1) is 14.3. The number of para-hydroxylation sites is 2. The monoisotopic (exact) mass is 335 g/mol. The summed E-state index contributed by atoms with van der Waals surface area (Å²) in [5.41, 5.74) is 2.55. The fourth-order valence-electron chi connectivity index (χ4n) is 3.62. The molecule has 0 spiro atoms. The number of nitrogens with one attached hydrogen (secondary N) is 1. The highest BCUT2D eigenvalue weighted by atomic mass is 16.7. The van der Waals surface area contributed by atoms with Gasteiger partial charge < -0.3 is 19.4 Å². The number of benzene rings is 2. The van der Waals surface area contributed by atoms with E-state index in [-0.39, 0.29) is 18.7 Å². The van der Waals surface area contributed by atoms with Crippen LogP contribution in [0.3, 0.4) is 0 Å². The third-order valence-corrected chi connectivity index (χ3v) is 4.86. The Labute approximate surface area is 144 Å². The van der Waals surface area contributed by atoms with Crippen molar-refractivity contribution in [1.82, 2.24) is 14.9 Å². The molecule has 0 saturated carbocycles. The van der Waals surface area contributed by atoms with Crippen LogP contribution in [-0.2, 0) is 0 Å². The number of H-pyrrole nitrogens is 1. The maximum absolute atomic E-state index is 13.0. The quantitative estimate of drug-likeness (QED) is 0.780. The lowest BCUT2D eigenvalue weighted by atomic mass is 10.1. The molecular formula is C19H17N3O3. The number of hydrogen-bond acceptors (Lipinski definition) is 4. The number of carbonyl (C=O) groups is 1. The third kappa shape index (κ3) is 2.33. The first-order valence-electron chi connectivity index (χ1n) is 8.45. The van der Waals surface area contributed by atoms with E-state index in [0.717, 1.165) is 36.2 Å². The number of ether oxygens (including phenoxy) is 2. The van der Waals surface area contributed by atoms with E-state index in [2.05, 4.69) is 9.97 Å². The van der Waals surface area contributed by atoms with Crippen molar-refractivity contribution in [3.05, 3.63) is 53.9 Å². The SMILES string of the molecule is O=C(c1ccc2c(c1)OCO2)N1CCC[C@H]1c1nc2ccccc2[nH]1. The van der Waals surface area contributed by atoms with Gasteiger partial charge in [0, 0.05) is 12.1 Å². The molecule has 0 unspecified atom stereocenters. The molecule has 6 nitrogen and oxygen atoms in total. The van der Waals surface area contributed by atoms with Gasteiger partial charge in [0.2, 0.25) is 6.79 Å². The van der Waals surface area contributed by atoms with E-state index in [1.807, 2.05) is 29.2 Å². The van der Waals surface area contributed by atoms with Crippen LogP contribution in [0, 0.1) is 0 Å². The van der Waals surface area contributed by atoms with Crippen LogP contribution in [-0.4, -0.2) is 34.1 Å². The van der Waals surface area contributed by atoms with Crippen molar-refractivity contribution in [1.29, 1.82) is 0 Å². The van der Waals surface area contributed by atoms with E-state index in [9.17, 15) is 4.79 Å². The minimum absolute atomic E-state index is 0.00116. The number of likely N-dealkylation sites (tertiary alicyclic amines) is 1. The van der Waals surface area contributed by atoms with Gasteiger partial charge in [-0.1, -0.05) is 12.1 Å². The zero-order chi connectivity index (χ0) is 16.8. The smallest absolute Gasteiger partial charge is 0.254 e. The molecule has 1 saturated heterocycles. The molecule has 1 atom stereocenters. The van der Waals surface area contributed by atoms with Gasteiger partial charge in [-0.05, 0) is 43.2 Å². The van der Waals surface area contributed by atoms with E-state index >= 15 is 0 Å². The van der Waals surface area contributed by atoms with Gasteiger partial charge in [-0.25, -0.2) is 4.98 Å². The second-order valence-electron chi connectivity index (χ2n) is 6.36. The molecule has 1 N–H and O–H groups in total. The van der Waals surface area contributed by atoms with E-state index in [1.165, 1.54) is 0 Å². The largest absolute Gasteiger partial charge is 0.454 e. The lowest BCUT2D eigenvalue weighted by Gasteiger charge is -2.23. The van der Waals surface area contributed by atoms with E-state index < -0.39 is 0 Å². The van der Waals surface area contributed by atoms with Crippen LogP contribution >= 0.6 is 0 Å². The summed E-state index contributed by atoms with van der Waals surface area (Å²) in [4.78, 5) is 23.0. The molecule has 126 valence electrons. The van der Waals surface area contributed by atoms with Gasteiger partial charge >= 0.3 is 0 Å². The Balaban J connectivity index is 1.47. The predicted molar refractivity (Wildman–Crippen MR) is 91.7 cm³/mol. The highest BCUT2D eigenvalue weighted by molar-refractivity contribution is 5.95. The Morgan fingerprint density at radius 3 is 2.96 bits per heavy atom. The predicted octanol–water partition coefficient (Wildman–Crippen LogP) is 3.27. The first-order valence-corrected chi connectivity index (χ1v) is 8.45. The van der Waals surface area contributed by atoms with Crippen molar-refractivity contribution in [3.8, 4) is 11.5 Å². The Hall–Kier alpha value is -3.02. The third-order valence-electron chi connectivity index (χ3n) is 4.86. The molecule has 25 heavy (non-hydrogen) atoms. The molecule has 1 amide bonds. The minimum Gasteiger partial charge on any atom is -0.454 e. The van der Waals surface area contributed by atoms with Crippen LogP contribution in [0.15, 0.2) is 42.5 Å². The molecule has 3 heterocycles. The number of fused-ring (bicyclic) bond motifs is 2. The van der Waals surface area contributed by atoms with E-state index in [4.69, 9.17) is 9.47 Å². The van der Waals surface area contributed by atoms with Gasteiger partial charge in [0.05, 0.1) is 17.1 Å². The number of imidazole rings is 1. The highest BCUT2D eigenvalue weighted by Gasteiger charge is 2.33. The van der Waals surface area contributed by atoms with Crippen LogP contribution in [0.2, 0.25) is 0 Å². The molecule has 6 heteroatoms. The Kier molecular flexibility index (Phi) is 3.16. The van der Waals surface area contributed by atoms with Crippen molar-refractivity contribution >= 4 is 16.9 Å². The van der Waals surface area contributed by atoms with Crippen molar-refractivity contribution in [2.75, 3.05) is 13.3 Å². The second kappa shape index (κ2) is 5.51. The number of aromatic nitrogens is 2. The number of hydrogen-bond donors (Lipinski definition) is 1. The number of aromatic amines is 1. The summed E-state index contributed by atoms with van der Waals surface area (Å²) in [7, 11) is 0. The fraction of sp³-hybridized carbons (Fsp3) is 0.263. The Morgan fingerprint density at radius 1 is 1.16 bits per heavy atom.